The fourth-order valence-corrected chi connectivity index (χ4v) is 4.23. The van der Waals surface area contributed by atoms with E-state index in [0.717, 1.165) is 38.2 Å². The molecule has 6 nitrogen and oxygen atoms in total. The van der Waals surface area contributed by atoms with Crippen molar-refractivity contribution < 1.29 is 19.0 Å². The van der Waals surface area contributed by atoms with Crippen LogP contribution < -0.4 is 4.74 Å². The maximum absolute atomic E-state index is 12.2. The Hall–Kier alpha value is -1.56. The van der Waals surface area contributed by atoms with Crippen LogP contribution in [0.1, 0.15) is 74.9 Å². The monoisotopic (exact) mass is 348 g/mol. The van der Waals surface area contributed by atoms with Crippen LogP contribution in [0.4, 0.5) is 0 Å². The third-order valence-electron chi connectivity index (χ3n) is 6.10. The minimum absolute atomic E-state index is 0.111. The third kappa shape index (κ3) is 3.41. The standard InChI is InChI=1S/C19H28N2O4/c1-2-23-18(22)15-13-21(16-5-3-4-11-24-16)20-17(15)25-12-7-14-6-8-19(14)9-10-19/h13-14,16H,2-12H2,1H3. The van der Waals surface area contributed by atoms with Gasteiger partial charge in [-0.05, 0) is 69.6 Å². The van der Waals surface area contributed by atoms with Gasteiger partial charge in [0.2, 0.25) is 5.88 Å². The third-order valence-corrected chi connectivity index (χ3v) is 6.10. The van der Waals surface area contributed by atoms with Crippen molar-refractivity contribution in [3.8, 4) is 5.88 Å². The molecule has 1 saturated heterocycles. The molecule has 25 heavy (non-hydrogen) atoms. The highest BCUT2D eigenvalue weighted by molar-refractivity contribution is 5.91. The highest BCUT2D eigenvalue weighted by Crippen LogP contribution is 2.65. The molecule has 4 rings (SSSR count). The molecule has 1 spiro atoms. The van der Waals surface area contributed by atoms with Crippen LogP contribution in [-0.2, 0) is 9.47 Å². The lowest BCUT2D eigenvalue weighted by Gasteiger charge is -2.37. The summed E-state index contributed by atoms with van der Waals surface area (Å²) in [5, 5.41) is 4.50. The van der Waals surface area contributed by atoms with Gasteiger partial charge >= 0.3 is 5.97 Å². The number of aromatic nitrogens is 2. The Morgan fingerprint density at radius 2 is 2.24 bits per heavy atom. The summed E-state index contributed by atoms with van der Waals surface area (Å²) < 4.78 is 18.6. The van der Waals surface area contributed by atoms with E-state index in [1.165, 1.54) is 25.7 Å². The van der Waals surface area contributed by atoms with Crippen LogP contribution in [0, 0.1) is 11.3 Å². The Kier molecular flexibility index (Phi) is 4.71. The normalized spacial score (nSPS) is 26.9. The van der Waals surface area contributed by atoms with Crippen LogP contribution in [-0.4, -0.2) is 35.6 Å². The van der Waals surface area contributed by atoms with E-state index >= 15 is 0 Å². The van der Waals surface area contributed by atoms with Gasteiger partial charge in [-0.1, -0.05) is 0 Å². The van der Waals surface area contributed by atoms with Crippen molar-refractivity contribution >= 4 is 5.97 Å². The number of carbonyl (C=O) groups is 1. The molecular formula is C19H28N2O4. The second-order valence-corrected chi connectivity index (χ2v) is 7.60. The predicted octanol–water partition coefficient (Wildman–Crippen LogP) is 3.72. The molecule has 6 heteroatoms. The van der Waals surface area contributed by atoms with Crippen molar-refractivity contribution in [1.82, 2.24) is 9.78 Å². The van der Waals surface area contributed by atoms with Crippen LogP contribution in [0.15, 0.2) is 6.20 Å². The topological polar surface area (TPSA) is 62.6 Å². The molecule has 0 amide bonds. The first kappa shape index (κ1) is 16.9. The molecule has 0 radical (unpaired) electrons. The van der Waals surface area contributed by atoms with Crippen molar-refractivity contribution in [3.05, 3.63) is 11.8 Å². The van der Waals surface area contributed by atoms with Gasteiger partial charge in [-0.2, -0.15) is 0 Å². The van der Waals surface area contributed by atoms with Crippen molar-refractivity contribution in [2.75, 3.05) is 19.8 Å². The Morgan fingerprint density at radius 1 is 1.36 bits per heavy atom. The van der Waals surface area contributed by atoms with Crippen molar-refractivity contribution in [2.24, 2.45) is 11.3 Å². The zero-order valence-electron chi connectivity index (χ0n) is 15.0. The number of carbonyl (C=O) groups excluding carboxylic acids is 1. The van der Waals surface area contributed by atoms with E-state index in [2.05, 4.69) is 5.10 Å². The van der Waals surface area contributed by atoms with Crippen LogP contribution in [0.3, 0.4) is 0 Å². The summed E-state index contributed by atoms with van der Waals surface area (Å²) in [6.07, 6.45) is 11.2. The molecule has 1 aromatic rings. The van der Waals surface area contributed by atoms with E-state index in [9.17, 15) is 4.79 Å². The second-order valence-electron chi connectivity index (χ2n) is 7.60. The van der Waals surface area contributed by atoms with Crippen LogP contribution in [0.2, 0.25) is 0 Å². The summed E-state index contributed by atoms with van der Waals surface area (Å²) >= 11 is 0. The highest BCUT2D eigenvalue weighted by atomic mass is 16.5. The number of hydrogen-bond donors (Lipinski definition) is 0. The number of rotatable bonds is 7. The number of hydrogen-bond acceptors (Lipinski definition) is 5. The first-order valence-corrected chi connectivity index (χ1v) is 9.72. The van der Waals surface area contributed by atoms with E-state index in [0.29, 0.717) is 30.1 Å². The van der Waals surface area contributed by atoms with Gasteiger partial charge in [0.1, 0.15) is 11.8 Å². The van der Waals surface area contributed by atoms with Gasteiger partial charge in [-0.3, -0.25) is 0 Å². The SMILES string of the molecule is CCOC(=O)c1cn(C2CCCCO2)nc1OCCC1CCC12CC2. The summed E-state index contributed by atoms with van der Waals surface area (Å²) in [7, 11) is 0. The van der Waals surface area contributed by atoms with Crippen LogP contribution >= 0.6 is 0 Å². The second kappa shape index (κ2) is 6.98. The van der Waals surface area contributed by atoms with Gasteiger partial charge < -0.3 is 14.2 Å². The average molecular weight is 348 g/mol. The number of esters is 1. The Morgan fingerprint density at radius 3 is 2.88 bits per heavy atom. The zero-order valence-corrected chi connectivity index (χ0v) is 15.0. The summed E-state index contributed by atoms with van der Waals surface area (Å²) in [5.74, 6) is 0.806. The molecule has 2 heterocycles. The van der Waals surface area contributed by atoms with E-state index in [1.807, 2.05) is 0 Å². The number of nitrogens with zero attached hydrogens (tertiary/aromatic N) is 2. The Labute approximate surface area is 148 Å². The minimum Gasteiger partial charge on any atom is -0.476 e. The largest absolute Gasteiger partial charge is 0.476 e. The molecule has 3 aliphatic rings. The van der Waals surface area contributed by atoms with Crippen molar-refractivity contribution in [3.63, 3.8) is 0 Å². The van der Waals surface area contributed by atoms with Gasteiger partial charge in [0, 0.05) is 12.8 Å². The molecule has 0 N–H and O–H groups in total. The fraction of sp³-hybridized carbons (Fsp3) is 0.789. The molecule has 2 unspecified atom stereocenters. The summed E-state index contributed by atoms with van der Waals surface area (Å²) in [5.41, 5.74) is 1.06. The van der Waals surface area contributed by atoms with Gasteiger partial charge in [0.25, 0.3) is 0 Å². The molecule has 0 bridgehead atoms. The maximum atomic E-state index is 12.2. The lowest BCUT2D eigenvalue weighted by molar-refractivity contribution is -0.0401. The molecule has 2 aliphatic carbocycles. The van der Waals surface area contributed by atoms with Crippen LogP contribution in [0.5, 0.6) is 5.88 Å². The van der Waals surface area contributed by atoms with Crippen molar-refractivity contribution in [1.29, 1.82) is 0 Å². The quantitative estimate of drug-likeness (QED) is 0.703. The lowest BCUT2D eigenvalue weighted by atomic mass is 9.69. The molecule has 3 fully saturated rings. The summed E-state index contributed by atoms with van der Waals surface area (Å²) in [4.78, 5) is 12.2. The fourth-order valence-electron chi connectivity index (χ4n) is 4.23. The predicted molar refractivity (Wildman–Crippen MR) is 91.5 cm³/mol. The van der Waals surface area contributed by atoms with E-state index < -0.39 is 0 Å². The molecule has 138 valence electrons. The van der Waals surface area contributed by atoms with Crippen molar-refractivity contribution in [2.45, 2.75) is 64.5 Å². The smallest absolute Gasteiger partial charge is 0.345 e. The van der Waals surface area contributed by atoms with Gasteiger partial charge in [-0.15, -0.1) is 5.10 Å². The Balaban J connectivity index is 1.42. The van der Waals surface area contributed by atoms with E-state index in [4.69, 9.17) is 14.2 Å². The highest BCUT2D eigenvalue weighted by Gasteiger charge is 2.54. The van der Waals surface area contributed by atoms with E-state index in [-0.39, 0.29) is 12.2 Å². The first-order valence-electron chi connectivity index (χ1n) is 9.72. The number of ether oxygens (including phenoxy) is 3. The average Bonchev–Trinajstić information content (AvgIpc) is 3.35. The molecular weight excluding hydrogens is 320 g/mol. The van der Waals surface area contributed by atoms with Gasteiger partial charge in [0.05, 0.1) is 13.2 Å². The molecule has 1 aliphatic heterocycles. The summed E-state index contributed by atoms with van der Waals surface area (Å²) in [6, 6.07) is 0. The zero-order chi connectivity index (χ0) is 17.3. The van der Waals surface area contributed by atoms with Crippen LogP contribution in [0.25, 0.3) is 0 Å². The molecule has 2 atom stereocenters. The lowest BCUT2D eigenvalue weighted by Crippen LogP contribution is -2.29. The Bertz CT molecular complexity index is 617. The van der Waals surface area contributed by atoms with E-state index in [1.54, 1.807) is 17.8 Å². The first-order chi connectivity index (χ1) is 12.2. The maximum Gasteiger partial charge on any atom is 0.345 e. The summed E-state index contributed by atoms with van der Waals surface area (Å²) in [6.45, 7) is 3.49. The minimum atomic E-state index is -0.373. The molecule has 0 aromatic carbocycles. The van der Waals surface area contributed by atoms with Gasteiger partial charge in [0.15, 0.2) is 0 Å². The molecule has 2 saturated carbocycles. The molecule has 1 aromatic heterocycles. The van der Waals surface area contributed by atoms with Gasteiger partial charge in [-0.25, -0.2) is 9.48 Å².